The molecule has 29 heavy (non-hydrogen) atoms. The molecule has 0 saturated heterocycles. The van der Waals surface area contributed by atoms with Crippen LogP contribution >= 0.6 is 11.3 Å². The molecule has 0 aliphatic rings. The van der Waals surface area contributed by atoms with Gasteiger partial charge in [-0.25, -0.2) is 14.5 Å². The number of nitrogens with zero attached hydrogens (tertiary/aromatic N) is 4. The lowest BCUT2D eigenvalue weighted by Crippen LogP contribution is -2.21. The Morgan fingerprint density at radius 2 is 2.10 bits per heavy atom. The number of fused-ring (bicyclic) bond motifs is 1. The second kappa shape index (κ2) is 8.41. The number of pyridine rings is 1. The molecule has 0 fully saturated rings. The molecule has 0 atom stereocenters. The van der Waals surface area contributed by atoms with E-state index in [1.807, 2.05) is 33.8 Å². The lowest BCUT2D eigenvalue weighted by Gasteiger charge is -2.12. The minimum atomic E-state index is -0.621. The number of hydrogen-bond acceptors (Lipinski definition) is 7. The van der Waals surface area contributed by atoms with Crippen LogP contribution in [-0.2, 0) is 9.53 Å². The number of nitriles is 1. The van der Waals surface area contributed by atoms with Crippen molar-refractivity contribution in [3.05, 3.63) is 40.5 Å². The molecular weight excluding hydrogens is 390 g/mol. The molecule has 0 aromatic carbocycles. The number of hydrogen-bond donors (Lipinski definition) is 1. The zero-order valence-corrected chi connectivity index (χ0v) is 17.4. The van der Waals surface area contributed by atoms with E-state index in [0.717, 1.165) is 5.69 Å². The second-order valence-corrected chi connectivity index (χ2v) is 7.99. The molecule has 3 aromatic rings. The fraction of sp³-hybridized carbons (Fsp3) is 0.350. The molecule has 0 saturated carbocycles. The summed E-state index contributed by atoms with van der Waals surface area (Å²) < 4.78 is 6.99. The largest absolute Gasteiger partial charge is 0.452 e. The van der Waals surface area contributed by atoms with Gasteiger partial charge in [-0.15, -0.1) is 11.3 Å². The summed E-state index contributed by atoms with van der Waals surface area (Å²) in [5, 5.41) is 18.6. The Morgan fingerprint density at radius 3 is 2.76 bits per heavy atom. The molecule has 0 bridgehead atoms. The molecule has 0 spiro atoms. The maximum absolute atomic E-state index is 12.7. The minimum Gasteiger partial charge on any atom is -0.452 e. The molecule has 8 nitrogen and oxygen atoms in total. The van der Waals surface area contributed by atoms with Crippen molar-refractivity contribution in [2.24, 2.45) is 0 Å². The number of carbonyl (C=O) groups is 2. The number of amides is 1. The summed E-state index contributed by atoms with van der Waals surface area (Å²) >= 11 is 1.23. The highest BCUT2D eigenvalue weighted by Gasteiger charge is 2.21. The first-order valence-corrected chi connectivity index (χ1v) is 10.0. The van der Waals surface area contributed by atoms with Crippen LogP contribution in [0.1, 0.15) is 61.3 Å². The Kier molecular flexibility index (Phi) is 5.94. The Bertz CT molecular complexity index is 1110. The molecule has 9 heteroatoms. The van der Waals surface area contributed by atoms with E-state index in [1.54, 1.807) is 28.4 Å². The summed E-state index contributed by atoms with van der Waals surface area (Å²) in [6, 6.07) is 5.37. The number of aromatic nitrogens is 3. The van der Waals surface area contributed by atoms with Crippen molar-refractivity contribution >= 4 is 39.2 Å². The van der Waals surface area contributed by atoms with Crippen LogP contribution in [0.5, 0.6) is 0 Å². The van der Waals surface area contributed by atoms with Crippen molar-refractivity contribution in [3.8, 4) is 6.07 Å². The zero-order valence-electron chi connectivity index (χ0n) is 16.6. The van der Waals surface area contributed by atoms with Gasteiger partial charge in [0.1, 0.15) is 11.1 Å². The molecule has 0 unspecified atom stereocenters. The third-order valence-corrected chi connectivity index (χ3v) is 5.09. The molecule has 3 heterocycles. The molecule has 0 aliphatic carbocycles. The Labute approximate surface area is 172 Å². The van der Waals surface area contributed by atoms with Gasteiger partial charge in [-0.05, 0) is 37.3 Å². The van der Waals surface area contributed by atoms with Gasteiger partial charge in [-0.1, -0.05) is 13.8 Å². The average Bonchev–Trinajstić information content (AvgIpc) is 3.31. The Morgan fingerprint density at radius 1 is 1.34 bits per heavy atom. The van der Waals surface area contributed by atoms with Gasteiger partial charge in [-0.3, -0.25) is 4.79 Å². The van der Waals surface area contributed by atoms with E-state index >= 15 is 0 Å². The molecule has 150 valence electrons. The van der Waals surface area contributed by atoms with Crippen LogP contribution < -0.4 is 5.32 Å². The topological polar surface area (TPSA) is 110 Å². The van der Waals surface area contributed by atoms with Gasteiger partial charge in [0.2, 0.25) is 0 Å². The van der Waals surface area contributed by atoms with E-state index in [-0.39, 0.29) is 12.0 Å². The summed E-state index contributed by atoms with van der Waals surface area (Å²) in [7, 11) is 0. The summed E-state index contributed by atoms with van der Waals surface area (Å²) in [6.45, 7) is 7.49. The number of esters is 1. The Hall–Kier alpha value is -3.25. The number of nitrogens with one attached hydrogen (secondary N) is 1. The summed E-state index contributed by atoms with van der Waals surface area (Å²) in [6.07, 6.45) is 1.59. The quantitative estimate of drug-likeness (QED) is 0.617. The highest BCUT2D eigenvalue weighted by atomic mass is 32.1. The summed E-state index contributed by atoms with van der Waals surface area (Å²) in [5.74, 6) is -1.03. The number of thiophene rings is 1. The fourth-order valence-electron chi connectivity index (χ4n) is 2.75. The van der Waals surface area contributed by atoms with E-state index in [4.69, 9.17) is 10.00 Å². The van der Waals surface area contributed by atoms with Gasteiger partial charge in [-0.2, -0.15) is 10.4 Å². The molecule has 3 aromatic heterocycles. The van der Waals surface area contributed by atoms with Crippen molar-refractivity contribution in [2.45, 2.75) is 39.7 Å². The first-order valence-electron chi connectivity index (χ1n) is 9.14. The van der Waals surface area contributed by atoms with Crippen molar-refractivity contribution in [1.29, 1.82) is 5.26 Å². The molecule has 0 radical (unpaired) electrons. The molecule has 3 rings (SSSR count). The van der Waals surface area contributed by atoms with Crippen molar-refractivity contribution in [3.63, 3.8) is 0 Å². The van der Waals surface area contributed by atoms with Crippen LogP contribution in [0, 0.1) is 11.3 Å². The van der Waals surface area contributed by atoms with Gasteiger partial charge < -0.3 is 10.1 Å². The smallest absolute Gasteiger partial charge is 0.339 e. The maximum Gasteiger partial charge on any atom is 0.339 e. The van der Waals surface area contributed by atoms with Crippen LogP contribution in [0.3, 0.4) is 0 Å². The van der Waals surface area contributed by atoms with Crippen LogP contribution in [-0.4, -0.2) is 33.2 Å². The lowest BCUT2D eigenvalue weighted by atomic mass is 10.1. The SMILES string of the molecule is CC(C)c1cc(C(=O)OCC(=O)Nc2sccc2C#N)c2cnn(C(C)C)c2n1. The highest BCUT2D eigenvalue weighted by Crippen LogP contribution is 2.25. The van der Waals surface area contributed by atoms with Gasteiger partial charge >= 0.3 is 5.97 Å². The van der Waals surface area contributed by atoms with E-state index in [2.05, 4.69) is 15.4 Å². The standard InChI is InChI=1S/C20H21N5O3S/c1-11(2)16-7-14(15-9-22-25(12(3)4)18(15)23-16)20(27)28-10-17(26)24-19-13(8-21)5-6-29-19/h5-7,9,11-12H,10H2,1-4H3,(H,24,26). The predicted molar refractivity (Wildman–Crippen MR) is 110 cm³/mol. The predicted octanol–water partition coefficient (Wildman–Crippen LogP) is 3.86. The van der Waals surface area contributed by atoms with Crippen molar-refractivity contribution in [2.75, 3.05) is 11.9 Å². The summed E-state index contributed by atoms with van der Waals surface area (Å²) in [5.41, 5.74) is 2.05. The fourth-order valence-corrected chi connectivity index (χ4v) is 3.50. The van der Waals surface area contributed by atoms with E-state index in [0.29, 0.717) is 27.2 Å². The van der Waals surface area contributed by atoms with Gasteiger partial charge in [0, 0.05) is 11.7 Å². The van der Waals surface area contributed by atoms with Crippen molar-refractivity contribution in [1.82, 2.24) is 14.8 Å². The number of anilines is 1. The third-order valence-electron chi connectivity index (χ3n) is 4.26. The average molecular weight is 411 g/mol. The first-order chi connectivity index (χ1) is 13.8. The maximum atomic E-state index is 12.7. The number of carbonyl (C=O) groups excluding carboxylic acids is 2. The van der Waals surface area contributed by atoms with Gasteiger partial charge in [0.15, 0.2) is 12.3 Å². The second-order valence-electron chi connectivity index (χ2n) is 7.07. The van der Waals surface area contributed by atoms with Gasteiger partial charge in [0.05, 0.1) is 22.7 Å². The first kappa shape index (κ1) is 20.5. The molecule has 0 aliphatic heterocycles. The van der Waals surface area contributed by atoms with Crippen LogP contribution in [0.4, 0.5) is 5.00 Å². The minimum absolute atomic E-state index is 0.0807. The molecule has 1 amide bonds. The third kappa shape index (κ3) is 4.27. The zero-order chi connectivity index (χ0) is 21.1. The van der Waals surface area contributed by atoms with E-state index in [1.165, 1.54) is 11.3 Å². The van der Waals surface area contributed by atoms with E-state index < -0.39 is 18.5 Å². The van der Waals surface area contributed by atoms with Gasteiger partial charge in [0.25, 0.3) is 5.91 Å². The Balaban J connectivity index is 1.81. The van der Waals surface area contributed by atoms with Crippen LogP contribution in [0.15, 0.2) is 23.7 Å². The number of ether oxygens (including phenoxy) is 1. The van der Waals surface area contributed by atoms with Crippen LogP contribution in [0.2, 0.25) is 0 Å². The number of rotatable bonds is 6. The lowest BCUT2D eigenvalue weighted by molar-refractivity contribution is -0.119. The van der Waals surface area contributed by atoms with Crippen molar-refractivity contribution < 1.29 is 14.3 Å². The monoisotopic (exact) mass is 411 g/mol. The molecule has 1 N–H and O–H groups in total. The molecular formula is C20H21N5O3S. The highest BCUT2D eigenvalue weighted by molar-refractivity contribution is 7.14. The van der Waals surface area contributed by atoms with Crippen LogP contribution in [0.25, 0.3) is 11.0 Å². The normalized spacial score (nSPS) is 11.1. The van der Waals surface area contributed by atoms with E-state index in [9.17, 15) is 9.59 Å². The summed E-state index contributed by atoms with van der Waals surface area (Å²) in [4.78, 5) is 29.5.